The summed E-state index contributed by atoms with van der Waals surface area (Å²) in [6, 6.07) is 0.338. The lowest BCUT2D eigenvalue weighted by atomic mass is 9.85. The molecule has 0 radical (unpaired) electrons. The van der Waals surface area contributed by atoms with Crippen LogP contribution in [0.3, 0.4) is 0 Å². The van der Waals surface area contributed by atoms with E-state index in [-0.39, 0.29) is 5.56 Å². The van der Waals surface area contributed by atoms with Gasteiger partial charge in [-0.1, -0.05) is 24.4 Å². The van der Waals surface area contributed by atoms with Crippen LogP contribution in [0.4, 0.5) is 5.69 Å². The lowest BCUT2D eigenvalue weighted by Crippen LogP contribution is -2.34. The van der Waals surface area contributed by atoms with Crippen LogP contribution in [0.5, 0.6) is 0 Å². The van der Waals surface area contributed by atoms with Gasteiger partial charge in [-0.2, -0.15) is 16.9 Å². The molecule has 3 rings (SSSR count). The quantitative estimate of drug-likeness (QED) is 0.900. The number of rotatable bonds is 5. The normalized spacial score (nSPS) is 25.8. The highest BCUT2D eigenvalue weighted by Gasteiger charge is 2.28. The second-order valence-electron chi connectivity index (χ2n) is 6.11. The maximum atomic E-state index is 12.6. The molecule has 21 heavy (non-hydrogen) atoms. The SMILES string of the molecule is CSC1CCCC1Nc1c(Cl)cnn(CC2CCC2)c1=O. The Kier molecular flexibility index (Phi) is 4.79. The molecule has 1 aromatic rings. The largest absolute Gasteiger partial charge is 0.375 e. The van der Waals surface area contributed by atoms with E-state index in [1.165, 1.54) is 32.1 Å². The maximum absolute atomic E-state index is 12.6. The van der Waals surface area contributed by atoms with Crippen LogP contribution in [0.2, 0.25) is 5.02 Å². The van der Waals surface area contributed by atoms with Crippen molar-refractivity contribution >= 4 is 29.1 Å². The Morgan fingerprint density at radius 1 is 1.38 bits per heavy atom. The van der Waals surface area contributed by atoms with Crippen LogP contribution in [-0.4, -0.2) is 27.3 Å². The second-order valence-corrected chi connectivity index (χ2v) is 7.59. The third-order valence-corrected chi connectivity index (χ3v) is 6.19. The fourth-order valence-electron chi connectivity index (χ4n) is 3.21. The highest BCUT2D eigenvalue weighted by atomic mass is 35.5. The first-order valence-electron chi connectivity index (χ1n) is 7.74. The van der Waals surface area contributed by atoms with Crippen molar-refractivity contribution in [3.05, 3.63) is 21.6 Å². The number of hydrogen-bond acceptors (Lipinski definition) is 4. The minimum absolute atomic E-state index is 0.0684. The topological polar surface area (TPSA) is 46.9 Å². The van der Waals surface area contributed by atoms with Gasteiger partial charge in [0.1, 0.15) is 5.69 Å². The molecule has 1 aromatic heterocycles. The molecule has 0 aliphatic heterocycles. The Labute approximate surface area is 134 Å². The number of nitrogens with one attached hydrogen (secondary N) is 1. The minimum Gasteiger partial charge on any atom is -0.375 e. The molecule has 2 aliphatic rings. The molecule has 2 fully saturated rings. The van der Waals surface area contributed by atoms with Crippen LogP contribution < -0.4 is 10.9 Å². The zero-order valence-electron chi connectivity index (χ0n) is 12.3. The highest BCUT2D eigenvalue weighted by Crippen LogP contribution is 2.32. The Hall–Kier alpha value is -0.680. The van der Waals surface area contributed by atoms with Gasteiger partial charge in [-0.05, 0) is 37.9 Å². The highest BCUT2D eigenvalue weighted by molar-refractivity contribution is 7.99. The Morgan fingerprint density at radius 3 is 2.81 bits per heavy atom. The molecule has 6 heteroatoms. The molecule has 0 bridgehead atoms. The van der Waals surface area contributed by atoms with Crippen LogP contribution in [0.25, 0.3) is 0 Å². The molecule has 2 aliphatic carbocycles. The number of anilines is 1. The molecular formula is C15H22ClN3OS. The molecule has 1 heterocycles. The zero-order chi connectivity index (χ0) is 14.8. The molecule has 1 N–H and O–H groups in total. The van der Waals surface area contributed by atoms with Gasteiger partial charge in [-0.3, -0.25) is 4.79 Å². The predicted molar refractivity (Wildman–Crippen MR) is 89.4 cm³/mol. The van der Waals surface area contributed by atoms with Crippen molar-refractivity contribution in [2.45, 2.75) is 56.4 Å². The average molecular weight is 328 g/mol. The lowest BCUT2D eigenvalue weighted by Gasteiger charge is -2.26. The van der Waals surface area contributed by atoms with Gasteiger partial charge in [0.15, 0.2) is 0 Å². The van der Waals surface area contributed by atoms with Gasteiger partial charge in [0.05, 0.1) is 11.2 Å². The summed E-state index contributed by atoms with van der Waals surface area (Å²) in [6.07, 6.45) is 10.9. The first-order valence-corrected chi connectivity index (χ1v) is 9.40. The monoisotopic (exact) mass is 327 g/mol. The standard InChI is InChI=1S/C15H22ClN3OS/c1-21-13-7-3-6-12(13)18-14-11(16)8-17-19(15(14)20)9-10-4-2-5-10/h8,10,12-13,18H,2-7,9H2,1H3. The second kappa shape index (κ2) is 6.61. The lowest BCUT2D eigenvalue weighted by molar-refractivity contribution is 0.262. The van der Waals surface area contributed by atoms with Gasteiger partial charge in [-0.25, -0.2) is 4.68 Å². The van der Waals surface area contributed by atoms with Crippen LogP contribution in [0.15, 0.2) is 11.0 Å². The van der Waals surface area contributed by atoms with Crippen LogP contribution in [-0.2, 0) is 6.54 Å². The van der Waals surface area contributed by atoms with Gasteiger partial charge < -0.3 is 5.32 Å². The van der Waals surface area contributed by atoms with Gasteiger partial charge in [0.2, 0.25) is 0 Å². The third-order valence-electron chi connectivity index (χ3n) is 4.74. The van der Waals surface area contributed by atoms with Gasteiger partial charge in [-0.15, -0.1) is 0 Å². The Balaban J connectivity index is 1.79. The summed E-state index contributed by atoms with van der Waals surface area (Å²) in [4.78, 5) is 12.6. The van der Waals surface area contributed by atoms with Gasteiger partial charge in [0.25, 0.3) is 5.56 Å². The molecule has 2 atom stereocenters. The summed E-state index contributed by atoms with van der Waals surface area (Å²) in [5.41, 5.74) is 0.470. The van der Waals surface area contributed by atoms with Gasteiger partial charge >= 0.3 is 0 Å². The summed E-state index contributed by atoms with van der Waals surface area (Å²) >= 11 is 8.08. The first-order chi connectivity index (χ1) is 10.2. The molecule has 0 saturated heterocycles. The number of nitrogens with zero attached hydrogens (tertiary/aromatic N) is 2. The Bertz CT molecular complexity index is 558. The van der Waals surface area contributed by atoms with Crippen molar-refractivity contribution in [3.63, 3.8) is 0 Å². The van der Waals surface area contributed by atoms with E-state index in [4.69, 9.17) is 11.6 Å². The summed E-state index contributed by atoms with van der Waals surface area (Å²) in [5.74, 6) is 0.606. The molecule has 0 aromatic carbocycles. The van der Waals surface area contributed by atoms with E-state index in [0.29, 0.717) is 27.9 Å². The maximum Gasteiger partial charge on any atom is 0.291 e. The van der Waals surface area contributed by atoms with E-state index in [9.17, 15) is 4.79 Å². The van der Waals surface area contributed by atoms with E-state index in [1.807, 2.05) is 11.8 Å². The van der Waals surface area contributed by atoms with Crippen molar-refractivity contribution in [1.29, 1.82) is 0 Å². The van der Waals surface area contributed by atoms with Crippen molar-refractivity contribution in [1.82, 2.24) is 9.78 Å². The molecule has 4 nitrogen and oxygen atoms in total. The summed E-state index contributed by atoms with van der Waals surface area (Å²) in [5, 5.41) is 8.61. The van der Waals surface area contributed by atoms with E-state index in [0.717, 1.165) is 13.0 Å². The van der Waals surface area contributed by atoms with Crippen LogP contribution >= 0.6 is 23.4 Å². The summed E-state index contributed by atoms with van der Waals surface area (Å²) in [7, 11) is 0. The fraction of sp³-hybridized carbons (Fsp3) is 0.733. The number of thioether (sulfide) groups is 1. The third kappa shape index (κ3) is 3.24. The van der Waals surface area contributed by atoms with E-state index < -0.39 is 0 Å². The zero-order valence-corrected chi connectivity index (χ0v) is 13.9. The number of aromatic nitrogens is 2. The smallest absolute Gasteiger partial charge is 0.291 e. The van der Waals surface area contributed by atoms with Crippen LogP contribution in [0.1, 0.15) is 38.5 Å². The minimum atomic E-state index is -0.0684. The average Bonchev–Trinajstić information content (AvgIpc) is 2.88. The molecule has 0 amide bonds. The fourth-order valence-corrected chi connectivity index (χ4v) is 4.32. The van der Waals surface area contributed by atoms with E-state index >= 15 is 0 Å². The number of halogens is 1. The summed E-state index contributed by atoms with van der Waals surface area (Å²) < 4.78 is 1.58. The molecular weight excluding hydrogens is 306 g/mol. The predicted octanol–water partition coefficient (Wildman–Crippen LogP) is 3.39. The van der Waals surface area contributed by atoms with Crippen LogP contribution in [0, 0.1) is 5.92 Å². The van der Waals surface area contributed by atoms with Gasteiger partial charge in [0, 0.05) is 17.8 Å². The number of hydrogen-bond donors (Lipinski definition) is 1. The van der Waals surface area contributed by atoms with E-state index in [1.54, 1.807) is 10.9 Å². The molecule has 2 unspecified atom stereocenters. The van der Waals surface area contributed by atoms with Crippen molar-refractivity contribution in [2.24, 2.45) is 5.92 Å². The molecule has 0 spiro atoms. The van der Waals surface area contributed by atoms with E-state index in [2.05, 4.69) is 16.7 Å². The molecule has 116 valence electrons. The van der Waals surface area contributed by atoms with Crippen molar-refractivity contribution in [2.75, 3.05) is 11.6 Å². The van der Waals surface area contributed by atoms with Crippen molar-refractivity contribution in [3.8, 4) is 0 Å². The Morgan fingerprint density at radius 2 is 2.14 bits per heavy atom. The molecule has 2 saturated carbocycles. The first kappa shape index (κ1) is 15.2. The summed E-state index contributed by atoms with van der Waals surface area (Å²) in [6.45, 7) is 0.724. The van der Waals surface area contributed by atoms with Crippen molar-refractivity contribution < 1.29 is 0 Å².